The summed E-state index contributed by atoms with van der Waals surface area (Å²) < 4.78 is 5.92. The Morgan fingerprint density at radius 1 is 1.20 bits per heavy atom. The summed E-state index contributed by atoms with van der Waals surface area (Å²) >= 11 is 0. The van der Waals surface area contributed by atoms with Gasteiger partial charge in [0.1, 0.15) is 12.4 Å². The summed E-state index contributed by atoms with van der Waals surface area (Å²) in [5, 5.41) is 14.5. The molecule has 0 unspecified atom stereocenters. The van der Waals surface area contributed by atoms with Crippen LogP contribution in [0.1, 0.15) is 37.5 Å². The predicted octanol–water partition coefficient (Wildman–Crippen LogP) is 5.09. The van der Waals surface area contributed by atoms with Crippen molar-refractivity contribution >= 4 is 16.9 Å². The molecule has 0 saturated carbocycles. The van der Waals surface area contributed by atoms with Crippen LogP contribution < -0.4 is 10.1 Å². The zero-order chi connectivity index (χ0) is 18.2. The van der Waals surface area contributed by atoms with E-state index >= 15 is 0 Å². The number of fused-ring (bicyclic) bond motifs is 1. The van der Waals surface area contributed by atoms with Gasteiger partial charge in [-0.2, -0.15) is 0 Å². The average molecular weight is 338 g/mol. The third-order valence-electron chi connectivity index (χ3n) is 4.34. The van der Waals surface area contributed by atoms with Gasteiger partial charge in [-0.1, -0.05) is 18.2 Å². The number of hydrogen-bond acceptors (Lipinski definition) is 4. The predicted molar refractivity (Wildman–Crippen MR) is 100.0 cm³/mol. The summed E-state index contributed by atoms with van der Waals surface area (Å²) in [6, 6.07) is 10.8. The lowest BCUT2D eigenvalue weighted by Crippen LogP contribution is -2.31. The fourth-order valence-electron chi connectivity index (χ4n) is 3.30. The van der Waals surface area contributed by atoms with Gasteiger partial charge in [-0.25, -0.2) is 0 Å². The van der Waals surface area contributed by atoms with E-state index in [2.05, 4.69) is 38.2 Å². The minimum Gasteiger partial charge on any atom is -0.488 e. The number of benzene rings is 2. The molecular formula is C20H22N2O3. The molecule has 1 N–H and O–H groups in total. The summed E-state index contributed by atoms with van der Waals surface area (Å²) in [4.78, 5) is 10.6. The number of anilines is 1. The first-order valence-electron chi connectivity index (χ1n) is 8.24. The molecule has 2 aromatic carbocycles. The lowest BCUT2D eigenvalue weighted by atomic mass is 9.89. The molecule has 1 heterocycles. The maximum atomic E-state index is 11.0. The zero-order valence-corrected chi connectivity index (χ0v) is 14.9. The van der Waals surface area contributed by atoms with Crippen LogP contribution in [0.5, 0.6) is 5.75 Å². The maximum absolute atomic E-state index is 11.0. The molecule has 0 aromatic heterocycles. The molecule has 0 fully saturated rings. The Labute approximate surface area is 147 Å². The van der Waals surface area contributed by atoms with Gasteiger partial charge in [0.2, 0.25) is 0 Å². The second-order valence-electron chi connectivity index (χ2n) is 7.01. The van der Waals surface area contributed by atoms with Crippen LogP contribution in [0.3, 0.4) is 0 Å². The van der Waals surface area contributed by atoms with Gasteiger partial charge >= 0.3 is 0 Å². The number of nitrogens with zero attached hydrogens (tertiary/aromatic N) is 1. The summed E-state index contributed by atoms with van der Waals surface area (Å²) in [5.74, 6) is 0.539. The monoisotopic (exact) mass is 338 g/mol. The number of nitro groups is 1. The highest BCUT2D eigenvalue weighted by Crippen LogP contribution is 2.36. The Bertz CT molecular complexity index is 869. The first kappa shape index (κ1) is 17.0. The average Bonchev–Trinajstić information content (AvgIpc) is 2.52. The van der Waals surface area contributed by atoms with Gasteiger partial charge in [-0.05, 0) is 56.5 Å². The highest BCUT2D eigenvalue weighted by molar-refractivity contribution is 5.82. The molecule has 130 valence electrons. The van der Waals surface area contributed by atoms with E-state index in [0.29, 0.717) is 12.4 Å². The molecule has 0 spiro atoms. The fourth-order valence-corrected chi connectivity index (χ4v) is 3.30. The molecule has 25 heavy (non-hydrogen) atoms. The van der Waals surface area contributed by atoms with Crippen LogP contribution in [-0.4, -0.2) is 10.5 Å². The van der Waals surface area contributed by atoms with Crippen molar-refractivity contribution in [3.8, 4) is 5.75 Å². The van der Waals surface area contributed by atoms with E-state index in [-0.39, 0.29) is 11.2 Å². The quantitative estimate of drug-likeness (QED) is 0.623. The van der Waals surface area contributed by atoms with Gasteiger partial charge in [0.25, 0.3) is 5.69 Å². The van der Waals surface area contributed by atoms with Crippen LogP contribution in [0.25, 0.3) is 5.57 Å². The number of ether oxygens (including phenoxy) is 1. The van der Waals surface area contributed by atoms with Gasteiger partial charge in [0.05, 0.1) is 16.5 Å². The summed E-state index contributed by atoms with van der Waals surface area (Å²) in [6.07, 6.45) is 2.21. The molecule has 2 aromatic rings. The first-order chi connectivity index (χ1) is 11.8. The van der Waals surface area contributed by atoms with Crippen molar-refractivity contribution in [1.82, 2.24) is 0 Å². The molecule has 1 aliphatic rings. The Kier molecular flexibility index (Phi) is 4.25. The molecule has 3 rings (SSSR count). The lowest BCUT2D eigenvalue weighted by Gasteiger charge is -2.32. The molecule has 5 nitrogen and oxygen atoms in total. The zero-order valence-electron chi connectivity index (χ0n) is 14.9. The highest BCUT2D eigenvalue weighted by atomic mass is 16.6. The standard InChI is InChI=1S/C20H22N2O3/c1-13-8-9-16(22(23)24)10-18(13)25-12-15-6-5-7-17-19(15)14(2)11-20(3,4)21-17/h5-11,21H,12H2,1-4H3. The number of nitro benzene ring substituents is 1. The van der Waals surface area contributed by atoms with Gasteiger partial charge < -0.3 is 10.1 Å². The minimum atomic E-state index is -0.407. The Morgan fingerprint density at radius 2 is 1.96 bits per heavy atom. The number of nitrogens with one attached hydrogen (secondary N) is 1. The first-order valence-corrected chi connectivity index (χ1v) is 8.24. The van der Waals surface area contributed by atoms with Crippen molar-refractivity contribution in [1.29, 1.82) is 0 Å². The van der Waals surface area contributed by atoms with E-state index < -0.39 is 4.92 Å². The normalized spacial score (nSPS) is 15.0. The maximum Gasteiger partial charge on any atom is 0.273 e. The van der Waals surface area contributed by atoms with Crippen LogP contribution in [0, 0.1) is 17.0 Å². The summed E-state index contributed by atoms with van der Waals surface area (Å²) in [7, 11) is 0. The molecule has 0 radical (unpaired) electrons. The van der Waals surface area contributed by atoms with E-state index in [0.717, 1.165) is 22.4 Å². The van der Waals surface area contributed by atoms with Crippen molar-refractivity contribution in [2.45, 2.75) is 39.8 Å². The van der Waals surface area contributed by atoms with E-state index in [1.54, 1.807) is 6.07 Å². The summed E-state index contributed by atoms with van der Waals surface area (Å²) in [6.45, 7) is 8.61. The van der Waals surface area contributed by atoms with Crippen molar-refractivity contribution in [3.63, 3.8) is 0 Å². The molecule has 0 bridgehead atoms. The van der Waals surface area contributed by atoms with E-state index in [9.17, 15) is 10.1 Å². The topological polar surface area (TPSA) is 64.4 Å². The SMILES string of the molecule is CC1=CC(C)(C)Nc2cccc(COc3cc([N+](=O)[O-])ccc3C)c21. The third kappa shape index (κ3) is 3.50. The van der Waals surface area contributed by atoms with Crippen LogP contribution in [0.2, 0.25) is 0 Å². The van der Waals surface area contributed by atoms with Gasteiger partial charge in [0, 0.05) is 17.3 Å². The highest BCUT2D eigenvalue weighted by Gasteiger charge is 2.24. The number of allylic oxidation sites excluding steroid dienone is 1. The van der Waals surface area contributed by atoms with Crippen molar-refractivity contribution in [2.24, 2.45) is 0 Å². The second kappa shape index (κ2) is 6.24. The van der Waals surface area contributed by atoms with Crippen molar-refractivity contribution in [2.75, 3.05) is 5.32 Å². The van der Waals surface area contributed by atoms with Crippen LogP contribution in [0.4, 0.5) is 11.4 Å². The number of non-ortho nitro benzene ring substituents is 1. The number of hydrogen-bond donors (Lipinski definition) is 1. The Morgan fingerprint density at radius 3 is 2.68 bits per heavy atom. The largest absolute Gasteiger partial charge is 0.488 e. The van der Waals surface area contributed by atoms with E-state index in [1.165, 1.54) is 17.7 Å². The number of rotatable bonds is 4. The molecule has 0 aliphatic carbocycles. The van der Waals surface area contributed by atoms with Gasteiger partial charge in [0.15, 0.2) is 0 Å². The van der Waals surface area contributed by atoms with Crippen LogP contribution in [0.15, 0.2) is 42.5 Å². The molecule has 0 saturated heterocycles. The second-order valence-corrected chi connectivity index (χ2v) is 7.01. The Balaban J connectivity index is 1.89. The van der Waals surface area contributed by atoms with E-state index in [4.69, 9.17) is 4.74 Å². The van der Waals surface area contributed by atoms with Gasteiger partial charge in [-0.3, -0.25) is 10.1 Å². The van der Waals surface area contributed by atoms with Crippen molar-refractivity contribution in [3.05, 3.63) is 69.3 Å². The van der Waals surface area contributed by atoms with Crippen LogP contribution in [-0.2, 0) is 6.61 Å². The molecular weight excluding hydrogens is 316 g/mol. The molecule has 0 atom stereocenters. The minimum absolute atomic E-state index is 0.0372. The van der Waals surface area contributed by atoms with Crippen molar-refractivity contribution < 1.29 is 9.66 Å². The molecule has 1 aliphatic heterocycles. The molecule has 0 amide bonds. The summed E-state index contributed by atoms with van der Waals surface area (Å²) in [5.41, 5.74) is 5.31. The fraction of sp³-hybridized carbons (Fsp3) is 0.300. The van der Waals surface area contributed by atoms with Crippen LogP contribution >= 0.6 is 0 Å². The lowest BCUT2D eigenvalue weighted by molar-refractivity contribution is -0.385. The smallest absolute Gasteiger partial charge is 0.273 e. The Hall–Kier alpha value is -2.82. The number of aryl methyl sites for hydroxylation is 1. The van der Waals surface area contributed by atoms with Gasteiger partial charge in [-0.15, -0.1) is 0 Å². The third-order valence-corrected chi connectivity index (χ3v) is 4.34. The molecule has 5 heteroatoms. The van der Waals surface area contributed by atoms with E-state index in [1.807, 2.05) is 19.1 Å².